The van der Waals surface area contributed by atoms with E-state index in [0.29, 0.717) is 4.31 Å². The summed E-state index contributed by atoms with van der Waals surface area (Å²) in [5.74, 6) is 0. The van der Waals surface area contributed by atoms with Crippen molar-refractivity contribution in [2.24, 2.45) is 0 Å². The molecule has 2 N–H and O–H groups in total. The van der Waals surface area contributed by atoms with E-state index in [4.69, 9.17) is 5.73 Å². The van der Waals surface area contributed by atoms with Crippen LogP contribution in [0.15, 0.2) is 18.2 Å². The number of rotatable bonds is 2. The van der Waals surface area contributed by atoms with Crippen LogP contribution in [0.4, 0.5) is 24.5 Å². The lowest BCUT2D eigenvalue weighted by atomic mass is 10.1. The van der Waals surface area contributed by atoms with E-state index in [1.54, 1.807) is 0 Å². The predicted octanol–water partition coefficient (Wildman–Crippen LogP) is 1.68. The Labute approximate surface area is 96.9 Å². The largest absolute Gasteiger partial charge is 0.418 e. The summed E-state index contributed by atoms with van der Waals surface area (Å²) in [5.41, 5.74) is 3.54. The number of para-hydroxylation sites is 1. The van der Waals surface area contributed by atoms with Gasteiger partial charge in [-0.25, -0.2) is 8.42 Å². The van der Waals surface area contributed by atoms with Crippen molar-refractivity contribution in [3.63, 3.8) is 0 Å². The Hall–Kier alpha value is -1.44. The number of nitrogen functional groups attached to an aromatic ring is 1. The number of halogens is 3. The van der Waals surface area contributed by atoms with Crippen molar-refractivity contribution in [2.45, 2.75) is 6.18 Å². The van der Waals surface area contributed by atoms with Gasteiger partial charge in [-0.3, -0.25) is 4.31 Å². The zero-order valence-electron chi connectivity index (χ0n) is 9.12. The van der Waals surface area contributed by atoms with Crippen molar-refractivity contribution in [1.82, 2.24) is 0 Å². The van der Waals surface area contributed by atoms with Crippen molar-refractivity contribution in [3.05, 3.63) is 23.8 Å². The van der Waals surface area contributed by atoms with Gasteiger partial charge in [0.15, 0.2) is 0 Å². The Bertz CT molecular complexity index is 526. The van der Waals surface area contributed by atoms with Crippen molar-refractivity contribution in [3.8, 4) is 0 Å². The second kappa shape index (κ2) is 4.10. The number of nitrogens with zero attached hydrogens (tertiary/aromatic N) is 1. The highest BCUT2D eigenvalue weighted by atomic mass is 32.2. The minimum atomic E-state index is -4.66. The first-order chi connectivity index (χ1) is 7.55. The summed E-state index contributed by atoms with van der Waals surface area (Å²) in [7, 11) is -2.78. The molecule has 0 radical (unpaired) electrons. The number of hydrogen-bond donors (Lipinski definition) is 1. The number of benzene rings is 1. The van der Waals surface area contributed by atoms with Gasteiger partial charge in [0.25, 0.3) is 0 Å². The highest BCUT2D eigenvalue weighted by Crippen LogP contribution is 2.39. The van der Waals surface area contributed by atoms with Crippen molar-refractivity contribution < 1.29 is 21.6 Å². The third-order valence-corrected chi connectivity index (χ3v) is 3.36. The Morgan fingerprint density at radius 2 is 1.82 bits per heavy atom. The van der Waals surface area contributed by atoms with Gasteiger partial charge in [0.2, 0.25) is 10.0 Å². The van der Waals surface area contributed by atoms with E-state index in [0.717, 1.165) is 25.4 Å². The van der Waals surface area contributed by atoms with Crippen LogP contribution in [0.25, 0.3) is 0 Å². The fraction of sp³-hybridized carbons (Fsp3) is 0.333. The maximum atomic E-state index is 12.7. The molecule has 0 heterocycles. The highest BCUT2D eigenvalue weighted by Gasteiger charge is 2.36. The van der Waals surface area contributed by atoms with Crippen LogP contribution in [0.3, 0.4) is 0 Å². The summed E-state index contributed by atoms with van der Waals surface area (Å²) < 4.78 is 61.2. The average molecular weight is 268 g/mol. The minimum absolute atomic E-state index is 0.243. The lowest BCUT2D eigenvalue weighted by Gasteiger charge is -2.23. The molecule has 0 aliphatic carbocycles. The van der Waals surface area contributed by atoms with Gasteiger partial charge in [-0.15, -0.1) is 0 Å². The van der Waals surface area contributed by atoms with Gasteiger partial charge in [0, 0.05) is 7.05 Å². The molecule has 0 amide bonds. The zero-order chi connectivity index (χ0) is 13.4. The third-order valence-electron chi connectivity index (χ3n) is 2.18. The summed E-state index contributed by atoms with van der Waals surface area (Å²) in [6, 6.07) is 3.12. The number of hydrogen-bond acceptors (Lipinski definition) is 3. The Morgan fingerprint density at radius 3 is 2.24 bits per heavy atom. The number of anilines is 2. The van der Waals surface area contributed by atoms with E-state index in [1.807, 2.05) is 0 Å². The molecule has 0 fully saturated rings. The molecule has 1 aromatic rings. The van der Waals surface area contributed by atoms with Crippen molar-refractivity contribution in [1.29, 1.82) is 0 Å². The number of alkyl halides is 3. The maximum absolute atomic E-state index is 12.7. The van der Waals surface area contributed by atoms with Gasteiger partial charge in [-0.1, -0.05) is 6.07 Å². The molecular weight excluding hydrogens is 257 g/mol. The molecule has 0 saturated heterocycles. The molecule has 0 aromatic heterocycles. The van der Waals surface area contributed by atoms with Crippen LogP contribution in [0, 0.1) is 0 Å². The number of sulfonamides is 1. The smallest absolute Gasteiger partial charge is 0.397 e. The third kappa shape index (κ3) is 2.82. The highest BCUT2D eigenvalue weighted by molar-refractivity contribution is 7.92. The molecule has 17 heavy (non-hydrogen) atoms. The molecule has 8 heteroatoms. The molecular formula is C9H11F3N2O2S. The van der Waals surface area contributed by atoms with Crippen LogP contribution < -0.4 is 10.0 Å². The minimum Gasteiger partial charge on any atom is -0.397 e. The molecule has 0 saturated carbocycles. The number of nitrogens with two attached hydrogens (primary N) is 1. The molecule has 0 atom stereocenters. The molecule has 0 spiro atoms. The molecule has 1 aromatic carbocycles. The van der Waals surface area contributed by atoms with Gasteiger partial charge >= 0.3 is 6.18 Å². The normalized spacial score (nSPS) is 12.5. The molecule has 0 aliphatic heterocycles. The van der Waals surface area contributed by atoms with Crippen molar-refractivity contribution >= 4 is 21.4 Å². The van der Waals surface area contributed by atoms with Crippen LogP contribution in [0.2, 0.25) is 0 Å². The lowest BCUT2D eigenvalue weighted by Crippen LogP contribution is -2.28. The first-order valence-corrected chi connectivity index (χ1v) is 6.29. The molecule has 0 unspecified atom stereocenters. The second-order valence-corrected chi connectivity index (χ2v) is 5.49. The summed E-state index contributed by atoms with van der Waals surface area (Å²) in [6.45, 7) is 0. The monoisotopic (exact) mass is 268 g/mol. The molecule has 96 valence electrons. The standard InChI is InChI=1S/C9H11F3N2O2S/c1-14(17(2,15)16)8-6(9(10,11)12)4-3-5-7(8)13/h3-5H,13H2,1-2H3. The zero-order valence-corrected chi connectivity index (χ0v) is 9.93. The fourth-order valence-corrected chi connectivity index (χ4v) is 1.84. The van der Waals surface area contributed by atoms with Crippen molar-refractivity contribution in [2.75, 3.05) is 23.3 Å². The summed E-state index contributed by atoms with van der Waals surface area (Å²) in [5, 5.41) is 0. The van der Waals surface area contributed by atoms with Gasteiger partial charge in [-0.2, -0.15) is 13.2 Å². The fourth-order valence-electron chi connectivity index (χ4n) is 1.31. The van der Waals surface area contributed by atoms with Gasteiger partial charge in [-0.05, 0) is 12.1 Å². The van der Waals surface area contributed by atoms with Gasteiger partial charge < -0.3 is 5.73 Å². The van der Waals surface area contributed by atoms with Crippen LogP contribution >= 0.6 is 0 Å². The Balaban J connectivity index is 3.52. The first kappa shape index (κ1) is 13.6. The SMILES string of the molecule is CN(c1c(N)cccc1C(F)(F)F)S(C)(=O)=O. The molecule has 4 nitrogen and oxygen atoms in total. The first-order valence-electron chi connectivity index (χ1n) is 4.44. The van der Waals surface area contributed by atoms with Gasteiger partial charge in [0.1, 0.15) is 0 Å². The van der Waals surface area contributed by atoms with Crippen LogP contribution in [0.1, 0.15) is 5.56 Å². The molecule has 0 bridgehead atoms. The molecule has 0 aliphatic rings. The van der Waals surface area contributed by atoms with Crippen LogP contribution in [0.5, 0.6) is 0 Å². The predicted molar refractivity (Wildman–Crippen MR) is 59.1 cm³/mol. The van der Waals surface area contributed by atoms with E-state index in [2.05, 4.69) is 0 Å². The quantitative estimate of drug-likeness (QED) is 0.830. The lowest BCUT2D eigenvalue weighted by molar-refractivity contribution is -0.137. The van der Waals surface area contributed by atoms with E-state index < -0.39 is 27.5 Å². The maximum Gasteiger partial charge on any atom is 0.418 e. The summed E-state index contributed by atoms with van der Waals surface area (Å²) in [6.07, 6.45) is -3.86. The average Bonchev–Trinajstić information content (AvgIpc) is 2.13. The summed E-state index contributed by atoms with van der Waals surface area (Å²) >= 11 is 0. The van der Waals surface area contributed by atoms with E-state index in [-0.39, 0.29) is 5.69 Å². The Kier molecular flexibility index (Phi) is 3.28. The van der Waals surface area contributed by atoms with Gasteiger partial charge in [0.05, 0.1) is 23.2 Å². The topological polar surface area (TPSA) is 63.4 Å². The van der Waals surface area contributed by atoms with Crippen LogP contribution in [-0.2, 0) is 16.2 Å². The Morgan fingerprint density at radius 1 is 1.29 bits per heavy atom. The van der Waals surface area contributed by atoms with E-state index >= 15 is 0 Å². The van der Waals surface area contributed by atoms with E-state index in [1.165, 1.54) is 6.07 Å². The summed E-state index contributed by atoms with van der Waals surface area (Å²) in [4.78, 5) is 0. The van der Waals surface area contributed by atoms with Crippen LogP contribution in [-0.4, -0.2) is 21.7 Å². The van der Waals surface area contributed by atoms with E-state index in [9.17, 15) is 21.6 Å². The molecule has 1 rings (SSSR count). The second-order valence-electron chi connectivity index (χ2n) is 3.47.